The van der Waals surface area contributed by atoms with Gasteiger partial charge in [-0.1, -0.05) is 66.8 Å². The monoisotopic (exact) mass is 374 g/mol. The van der Waals surface area contributed by atoms with Crippen molar-refractivity contribution in [3.63, 3.8) is 0 Å². The van der Waals surface area contributed by atoms with E-state index in [4.69, 9.17) is 0 Å². The zero-order valence-electron chi connectivity index (χ0n) is 17.5. The molecule has 1 aromatic heterocycles. The maximum atomic E-state index is 2.60. The molecule has 0 atom stereocenters. The van der Waals surface area contributed by atoms with Crippen LogP contribution in [0.1, 0.15) is 36.0 Å². The standard InChI is InChI=1S/C25H32NSi/c1-18-15-19(2)20(3)24(16-18)25-23-10-9-22(17-21(23)11-12-26(25)4)27(5)13-7-6-8-14-27/h9-12,15-17H,6-8,13-14H2,1-5H3/q+1. The van der Waals surface area contributed by atoms with Gasteiger partial charge in [0.05, 0.1) is 19.0 Å². The Balaban J connectivity index is 1.91. The lowest BCUT2D eigenvalue weighted by atomic mass is 9.94. The zero-order valence-corrected chi connectivity index (χ0v) is 18.5. The van der Waals surface area contributed by atoms with Gasteiger partial charge in [-0.15, -0.1) is 0 Å². The van der Waals surface area contributed by atoms with Crippen LogP contribution in [0.2, 0.25) is 18.6 Å². The van der Waals surface area contributed by atoms with Gasteiger partial charge in [-0.3, -0.25) is 0 Å². The van der Waals surface area contributed by atoms with Gasteiger partial charge in [0.25, 0.3) is 0 Å². The summed E-state index contributed by atoms with van der Waals surface area (Å²) in [4.78, 5) is 0. The van der Waals surface area contributed by atoms with Crippen LogP contribution in [0.25, 0.3) is 22.0 Å². The van der Waals surface area contributed by atoms with E-state index < -0.39 is 8.07 Å². The summed E-state index contributed by atoms with van der Waals surface area (Å²) in [6.07, 6.45) is 6.53. The highest BCUT2D eigenvalue weighted by Gasteiger charge is 2.31. The van der Waals surface area contributed by atoms with Crippen LogP contribution in [-0.2, 0) is 7.05 Å². The molecule has 0 saturated carbocycles. The summed E-state index contributed by atoms with van der Waals surface area (Å²) in [7, 11) is 0.902. The molecule has 0 amide bonds. The van der Waals surface area contributed by atoms with E-state index in [1.54, 1.807) is 5.19 Å². The largest absolute Gasteiger partial charge is 0.220 e. The number of aryl methyl sites for hydroxylation is 3. The number of nitrogens with zero attached hydrogens (tertiary/aromatic N) is 1. The van der Waals surface area contributed by atoms with E-state index in [0.29, 0.717) is 0 Å². The van der Waals surface area contributed by atoms with E-state index >= 15 is 0 Å². The van der Waals surface area contributed by atoms with Crippen molar-refractivity contribution in [2.24, 2.45) is 7.05 Å². The van der Waals surface area contributed by atoms with E-state index in [9.17, 15) is 0 Å². The van der Waals surface area contributed by atoms with Crippen LogP contribution >= 0.6 is 0 Å². The van der Waals surface area contributed by atoms with Crippen molar-refractivity contribution in [3.05, 3.63) is 59.3 Å². The second kappa shape index (κ2) is 6.90. The molecule has 2 heterocycles. The Hall–Kier alpha value is -1.93. The summed E-state index contributed by atoms with van der Waals surface area (Å²) in [5.74, 6) is 0. The molecule has 4 rings (SSSR count). The summed E-state index contributed by atoms with van der Waals surface area (Å²) in [5.41, 5.74) is 6.82. The minimum absolute atomic E-state index is 1.28. The van der Waals surface area contributed by atoms with Gasteiger partial charge in [0, 0.05) is 6.07 Å². The molecular formula is C25H32NSi+. The van der Waals surface area contributed by atoms with Crippen LogP contribution in [0, 0.1) is 20.8 Å². The second-order valence-corrected chi connectivity index (χ2v) is 13.7. The molecule has 1 aliphatic rings. The first-order chi connectivity index (χ1) is 12.9. The minimum Gasteiger partial charge on any atom is -0.200 e. The molecule has 0 bridgehead atoms. The number of aromatic nitrogens is 1. The van der Waals surface area contributed by atoms with E-state index in [2.05, 4.69) is 81.5 Å². The topological polar surface area (TPSA) is 3.88 Å². The molecule has 2 heteroatoms. The molecule has 0 spiro atoms. The van der Waals surface area contributed by atoms with E-state index in [0.717, 1.165) is 0 Å². The van der Waals surface area contributed by atoms with Gasteiger partial charge < -0.3 is 0 Å². The van der Waals surface area contributed by atoms with Crippen LogP contribution in [0.15, 0.2) is 42.6 Å². The predicted molar refractivity (Wildman–Crippen MR) is 119 cm³/mol. The number of rotatable bonds is 2. The maximum Gasteiger partial charge on any atom is 0.220 e. The van der Waals surface area contributed by atoms with Crippen molar-refractivity contribution in [2.45, 2.75) is 58.7 Å². The first-order valence-electron chi connectivity index (χ1n) is 10.4. The van der Waals surface area contributed by atoms with Crippen LogP contribution in [0.5, 0.6) is 0 Å². The fraction of sp³-hybridized carbons (Fsp3) is 0.400. The van der Waals surface area contributed by atoms with Crippen LogP contribution in [0.3, 0.4) is 0 Å². The van der Waals surface area contributed by atoms with E-state index in [1.807, 2.05) is 0 Å². The van der Waals surface area contributed by atoms with Crippen molar-refractivity contribution in [2.75, 3.05) is 0 Å². The van der Waals surface area contributed by atoms with Crippen molar-refractivity contribution in [1.29, 1.82) is 0 Å². The third-order valence-electron chi connectivity index (χ3n) is 6.86. The lowest BCUT2D eigenvalue weighted by Crippen LogP contribution is -2.45. The molecule has 2 aromatic carbocycles. The fourth-order valence-corrected chi connectivity index (χ4v) is 8.87. The average Bonchev–Trinajstić information content (AvgIpc) is 2.65. The van der Waals surface area contributed by atoms with Gasteiger partial charge in [0.15, 0.2) is 6.20 Å². The summed E-state index contributed by atoms with van der Waals surface area (Å²) in [5, 5.41) is 4.44. The Bertz CT molecular complexity index is 1010. The molecule has 1 nitrogen and oxygen atoms in total. The van der Waals surface area contributed by atoms with Crippen molar-refractivity contribution in [3.8, 4) is 11.3 Å². The van der Waals surface area contributed by atoms with Crippen LogP contribution < -0.4 is 9.75 Å². The molecule has 0 radical (unpaired) electrons. The van der Waals surface area contributed by atoms with Gasteiger partial charge in [-0.25, -0.2) is 4.57 Å². The summed E-state index contributed by atoms with van der Waals surface area (Å²) in [6.45, 7) is 9.29. The SMILES string of the molecule is Cc1cc(C)c(C)c(-c2c3ccc([Si]4(C)CCCCC4)cc3cc[n+]2C)c1. The quantitative estimate of drug-likeness (QED) is 0.398. The number of hydrogen-bond acceptors (Lipinski definition) is 0. The Morgan fingerprint density at radius 2 is 1.63 bits per heavy atom. The summed E-state index contributed by atoms with van der Waals surface area (Å²) < 4.78 is 2.29. The van der Waals surface area contributed by atoms with E-state index in [-0.39, 0.29) is 0 Å². The van der Waals surface area contributed by atoms with Crippen molar-refractivity contribution in [1.82, 2.24) is 0 Å². The molecule has 1 aliphatic heterocycles. The Morgan fingerprint density at radius 1 is 0.889 bits per heavy atom. The maximum absolute atomic E-state index is 2.60. The zero-order chi connectivity index (χ0) is 19.2. The highest BCUT2D eigenvalue weighted by Crippen LogP contribution is 2.32. The third-order valence-corrected chi connectivity index (χ3v) is 11.5. The minimum atomic E-state index is -1.28. The van der Waals surface area contributed by atoms with Crippen molar-refractivity contribution >= 4 is 24.0 Å². The Kier molecular flexibility index (Phi) is 4.71. The van der Waals surface area contributed by atoms with Crippen LogP contribution in [-0.4, -0.2) is 8.07 Å². The number of hydrogen-bond donors (Lipinski definition) is 0. The Morgan fingerprint density at radius 3 is 2.37 bits per heavy atom. The number of benzene rings is 2. The molecular weight excluding hydrogens is 342 g/mol. The smallest absolute Gasteiger partial charge is 0.200 e. The Labute approximate surface area is 165 Å². The molecule has 0 aliphatic carbocycles. The van der Waals surface area contributed by atoms with Gasteiger partial charge in [0.2, 0.25) is 5.69 Å². The molecule has 27 heavy (non-hydrogen) atoms. The van der Waals surface area contributed by atoms with Gasteiger partial charge >= 0.3 is 0 Å². The third kappa shape index (κ3) is 3.25. The first-order valence-corrected chi connectivity index (χ1v) is 13.3. The molecule has 0 unspecified atom stereocenters. The first kappa shape index (κ1) is 18.4. The lowest BCUT2D eigenvalue weighted by molar-refractivity contribution is -0.659. The molecule has 1 fully saturated rings. The highest BCUT2D eigenvalue weighted by molar-refractivity contribution is 6.91. The van der Waals surface area contributed by atoms with Crippen molar-refractivity contribution < 1.29 is 4.57 Å². The number of pyridine rings is 1. The normalized spacial score (nSPS) is 16.6. The van der Waals surface area contributed by atoms with Gasteiger partial charge in [0.1, 0.15) is 7.05 Å². The predicted octanol–water partition coefficient (Wildman–Crippen LogP) is 5.73. The molecule has 3 aromatic rings. The summed E-state index contributed by atoms with van der Waals surface area (Å²) in [6, 6.07) is 17.3. The van der Waals surface area contributed by atoms with Crippen LogP contribution in [0.4, 0.5) is 0 Å². The van der Waals surface area contributed by atoms with Gasteiger partial charge in [-0.05, 0) is 49.4 Å². The molecule has 0 N–H and O–H groups in total. The second-order valence-electron chi connectivity index (χ2n) is 8.95. The number of fused-ring (bicyclic) bond motifs is 1. The highest BCUT2D eigenvalue weighted by atomic mass is 28.3. The fourth-order valence-electron chi connectivity index (χ4n) is 4.99. The molecule has 140 valence electrons. The lowest BCUT2D eigenvalue weighted by Gasteiger charge is -2.32. The molecule has 1 saturated heterocycles. The average molecular weight is 375 g/mol. The van der Waals surface area contributed by atoms with E-state index in [1.165, 1.54) is 70.1 Å². The summed E-state index contributed by atoms with van der Waals surface area (Å²) >= 11 is 0. The van der Waals surface area contributed by atoms with Gasteiger partial charge in [-0.2, -0.15) is 0 Å².